The van der Waals surface area contributed by atoms with E-state index >= 15 is 0 Å². The van der Waals surface area contributed by atoms with Crippen molar-refractivity contribution in [1.82, 2.24) is 10.3 Å². The van der Waals surface area contributed by atoms with Crippen molar-refractivity contribution in [2.75, 3.05) is 6.61 Å². The van der Waals surface area contributed by atoms with Crippen molar-refractivity contribution < 1.29 is 14.3 Å². The molecular weight excluding hydrogens is 396 g/mol. The molecule has 3 rings (SSSR count). The normalized spacial score (nSPS) is 11.9. The fourth-order valence-electron chi connectivity index (χ4n) is 2.75. The highest BCUT2D eigenvalue weighted by Crippen LogP contribution is 2.22. The van der Waals surface area contributed by atoms with Crippen LogP contribution >= 0.6 is 22.9 Å². The maximum Gasteiger partial charge on any atom is 0.306 e. The van der Waals surface area contributed by atoms with Gasteiger partial charge in [-0.2, -0.15) is 0 Å². The number of carbonyl (C=O) groups is 2. The van der Waals surface area contributed by atoms with Crippen LogP contribution in [0.25, 0.3) is 10.2 Å². The highest BCUT2D eigenvalue weighted by molar-refractivity contribution is 7.18. The number of halogens is 1. The SMILES string of the molecule is C[C@@H](NC(=O)COC(=O)CCCc1nc2ccccc2s1)c1ccc(Cl)cc1. The minimum absolute atomic E-state index is 0.192. The molecule has 0 saturated heterocycles. The van der Waals surface area contributed by atoms with Gasteiger partial charge in [-0.15, -0.1) is 11.3 Å². The lowest BCUT2D eigenvalue weighted by molar-refractivity contribution is -0.148. The molecule has 0 aliphatic heterocycles. The van der Waals surface area contributed by atoms with Crippen molar-refractivity contribution in [3.8, 4) is 0 Å². The first-order valence-corrected chi connectivity index (χ1v) is 10.3. The summed E-state index contributed by atoms with van der Waals surface area (Å²) in [5.41, 5.74) is 1.91. The summed E-state index contributed by atoms with van der Waals surface area (Å²) >= 11 is 7.50. The summed E-state index contributed by atoms with van der Waals surface area (Å²) in [5, 5.41) is 4.44. The summed E-state index contributed by atoms with van der Waals surface area (Å²) in [6.45, 7) is 1.58. The van der Waals surface area contributed by atoms with Gasteiger partial charge in [-0.05, 0) is 49.6 Å². The van der Waals surface area contributed by atoms with Crippen LogP contribution in [0.5, 0.6) is 0 Å². The molecule has 1 atom stereocenters. The van der Waals surface area contributed by atoms with Gasteiger partial charge in [0.05, 0.1) is 21.3 Å². The molecule has 0 fully saturated rings. The minimum atomic E-state index is -0.379. The third-order valence-corrected chi connectivity index (χ3v) is 5.57. The lowest BCUT2D eigenvalue weighted by atomic mass is 10.1. The maximum absolute atomic E-state index is 12.0. The second-order valence-corrected chi connectivity index (χ2v) is 7.98. The fourth-order valence-corrected chi connectivity index (χ4v) is 3.88. The Bertz CT molecular complexity index is 923. The molecule has 1 aromatic heterocycles. The monoisotopic (exact) mass is 416 g/mol. The summed E-state index contributed by atoms with van der Waals surface area (Å²) in [6, 6.07) is 15.0. The number of aromatic nitrogens is 1. The quantitative estimate of drug-likeness (QED) is 0.541. The van der Waals surface area contributed by atoms with E-state index in [9.17, 15) is 9.59 Å². The minimum Gasteiger partial charge on any atom is -0.456 e. The first-order chi connectivity index (χ1) is 13.5. The predicted octanol–water partition coefficient (Wildman–Crippen LogP) is 4.69. The number of thiazole rings is 1. The Kier molecular flexibility index (Phi) is 7.01. The topological polar surface area (TPSA) is 68.3 Å². The Morgan fingerprint density at radius 1 is 1.18 bits per heavy atom. The summed E-state index contributed by atoms with van der Waals surface area (Å²) in [7, 11) is 0. The van der Waals surface area contributed by atoms with Crippen LogP contribution in [-0.4, -0.2) is 23.5 Å². The first kappa shape index (κ1) is 20.3. The number of para-hydroxylation sites is 1. The number of carbonyl (C=O) groups excluding carboxylic acids is 2. The number of ether oxygens (including phenoxy) is 1. The Hall–Kier alpha value is -2.44. The van der Waals surface area contributed by atoms with Crippen molar-refractivity contribution >= 4 is 45.0 Å². The molecule has 0 bridgehead atoms. The maximum atomic E-state index is 12.0. The van der Waals surface area contributed by atoms with E-state index in [0.717, 1.165) is 20.8 Å². The number of benzene rings is 2. The van der Waals surface area contributed by atoms with Crippen molar-refractivity contribution in [2.24, 2.45) is 0 Å². The second-order valence-electron chi connectivity index (χ2n) is 6.43. The highest BCUT2D eigenvalue weighted by Gasteiger charge is 2.12. The average molecular weight is 417 g/mol. The second kappa shape index (κ2) is 9.66. The van der Waals surface area contributed by atoms with Crippen LogP contribution in [-0.2, 0) is 20.7 Å². The molecule has 0 aliphatic rings. The molecule has 2 aromatic carbocycles. The predicted molar refractivity (Wildman–Crippen MR) is 112 cm³/mol. The molecule has 0 aliphatic carbocycles. The third kappa shape index (κ3) is 5.78. The molecule has 3 aromatic rings. The number of rotatable bonds is 8. The number of nitrogens with zero attached hydrogens (tertiary/aromatic N) is 1. The smallest absolute Gasteiger partial charge is 0.306 e. The average Bonchev–Trinajstić information content (AvgIpc) is 3.09. The van der Waals surface area contributed by atoms with E-state index in [2.05, 4.69) is 10.3 Å². The molecule has 5 nitrogen and oxygen atoms in total. The van der Waals surface area contributed by atoms with E-state index in [-0.39, 0.29) is 30.9 Å². The Morgan fingerprint density at radius 2 is 1.93 bits per heavy atom. The standard InChI is InChI=1S/C21H21ClN2O3S/c1-14(15-9-11-16(22)12-10-15)23-19(25)13-27-21(26)8-4-7-20-24-17-5-2-3-6-18(17)28-20/h2-3,5-6,9-12,14H,4,7-8,13H2,1H3,(H,23,25)/t14-/m1/s1. The van der Waals surface area contributed by atoms with Gasteiger partial charge in [0.1, 0.15) is 0 Å². The molecule has 28 heavy (non-hydrogen) atoms. The number of hydrogen-bond donors (Lipinski definition) is 1. The number of nitrogens with one attached hydrogen (secondary N) is 1. The number of amides is 1. The molecule has 0 saturated carbocycles. The zero-order valence-electron chi connectivity index (χ0n) is 15.5. The molecule has 0 unspecified atom stereocenters. The van der Waals surface area contributed by atoms with Gasteiger partial charge >= 0.3 is 5.97 Å². The molecular formula is C21H21ClN2O3S. The molecule has 1 amide bonds. The van der Waals surface area contributed by atoms with Gasteiger partial charge in [-0.1, -0.05) is 35.9 Å². The van der Waals surface area contributed by atoms with Gasteiger partial charge in [-0.3, -0.25) is 9.59 Å². The van der Waals surface area contributed by atoms with E-state index in [1.165, 1.54) is 0 Å². The Morgan fingerprint density at radius 3 is 2.68 bits per heavy atom. The van der Waals surface area contributed by atoms with Gasteiger partial charge in [-0.25, -0.2) is 4.98 Å². The number of fused-ring (bicyclic) bond motifs is 1. The van der Waals surface area contributed by atoms with Gasteiger partial charge < -0.3 is 10.1 Å². The fraction of sp³-hybridized carbons (Fsp3) is 0.286. The van der Waals surface area contributed by atoms with E-state index in [4.69, 9.17) is 16.3 Å². The number of esters is 1. The lowest BCUT2D eigenvalue weighted by Gasteiger charge is -2.14. The van der Waals surface area contributed by atoms with Crippen molar-refractivity contribution in [3.05, 3.63) is 64.1 Å². The van der Waals surface area contributed by atoms with Gasteiger partial charge in [0, 0.05) is 11.4 Å². The van der Waals surface area contributed by atoms with Crippen molar-refractivity contribution in [3.63, 3.8) is 0 Å². The first-order valence-electron chi connectivity index (χ1n) is 9.06. The molecule has 7 heteroatoms. The summed E-state index contributed by atoms with van der Waals surface area (Å²) in [6.07, 6.45) is 1.62. The third-order valence-electron chi connectivity index (χ3n) is 4.22. The van der Waals surface area contributed by atoms with E-state index in [1.807, 2.05) is 43.3 Å². The molecule has 1 heterocycles. The zero-order chi connectivity index (χ0) is 19.9. The molecule has 0 spiro atoms. The summed E-state index contributed by atoms with van der Waals surface area (Å²) in [4.78, 5) is 28.4. The molecule has 0 radical (unpaired) electrons. The number of hydrogen-bond acceptors (Lipinski definition) is 5. The van der Waals surface area contributed by atoms with E-state index in [1.54, 1.807) is 23.5 Å². The Labute approximate surface area is 172 Å². The van der Waals surface area contributed by atoms with E-state index < -0.39 is 0 Å². The van der Waals surface area contributed by atoms with Crippen LogP contribution in [0.4, 0.5) is 0 Å². The van der Waals surface area contributed by atoms with Crippen molar-refractivity contribution in [1.29, 1.82) is 0 Å². The lowest BCUT2D eigenvalue weighted by Crippen LogP contribution is -2.31. The largest absolute Gasteiger partial charge is 0.456 e. The van der Waals surface area contributed by atoms with Crippen LogP contribution in [0.2, 0.25) is 5.02 Å². The Balaban J connectivity index is 1.36. The van der Waals surface area contributed by atoms with Crippen LogP contribution in [0, 0.1) is 0 Å². The summed E-state index contributed by atoms with van der Waals surface area (Å²) < 4.78 is 6.21. The van der Waals surface area contributed by atoms with Crippen LogP contribution in [0.15, 0.2) is 48.5 Å². The van der Waals surface area contributed by atoms with Gasteiger partial charge in [0.25, 0.3) is 5.91 Å². The summed E-state index contributed by atoms with van der Waals surface area (Å²) in [5.74, 6) is -0.711. The highest BCUT2D eigenvalue weighted by atomic mass is 35.5. The zero-order valence-corrected chi connectivity index (χ0v) is 17.1. The van der Waals surface area contributed by atoms with Crippen molar-refractivity contribution in [2.45, 2.75) is 32.2 Å². The molecule has 146 valence electrons. The van der Waals surface area contributed by atoms with Gasteiger partial charge in [0.2, 0.25) is 0 Å². The molecule has 1 N–H and O–H groups in total. The van der Waals surface area contributed by atoms with Gasteiger partial charge in [0.15, 0.2) is 6.61 Å². The number of aryl methyl sites for hydroxylation is 1. The van der Waals surface area contributed by atoms with Crippen LogP contribution in [0.3, 0.4) is 0 Å². The van der Waals surface area contributed by atoms with Crippen LogP contribution < -0.4 is 5.32 Å². The van der Waals surface area contributed by atoms with Crippen LogP contribution in [0.1, 0.15) is 36.4 Å². The van der Waals surface area contributed by atoms with E-state index in [0.29, 0.717) is 17.9 Å².